The molecule has 0 amide bonds. The molecule has 0 N–H and O–H groups in total. The zero-order valence-electron chi connectivity index (χ0n) is 30.8. The molecule has 0 saturated carbocycles. The summed E-state index contributed by atoms with van der Waals surface area (Å²) >= 11 is -5.75. The number of benzene rings is 8. The SMILES string of the molecule is O=[P](c1ccccc1)(c1ccccc1)[Pd]([P](=O)(c1ccccc1)c1ccccc1)([P](=O)(c1ccccc1)c1ccccc1)[P](=O)(c1ccccc1)c1ccccc1. The molecule has 0 saturated heterocycles. The second kappa shape index (κ2) is 16.3. The zero-order chi connectivity index (χ0) is 39.4. The van der Waals surface area contributed by atoms with Gasteiger partial charge in [0.15, 0.2) is 0 Å². The van der Waals surface area contributed by atoms with Crippen molar-refractivity contribution in [2.24, 2.45) is 0 Å². The summed E-state index contributed by atoms with van der Waals surface area (Å²) < 4.78 is 74.3. The molecule has 9 heteroatoms. The predicted molar refractivity (Wildman–Crippen MR) is 239 cm³/mol. The van der Waals surface area contributed by atoms with Gasteiger partial charge in [-0.2, -0.15) is 0 Å². The van der Waals surface area contributed by atoms with Crippen molar-refractivity contribution in [3.05, 3.63) is 243 Å². The van der Waals surface area contributed by atoms with E-state index in [1.54, 1.807) is 97.1 Å². The van der Waals surface area contributed by atoms with E-state index in [4.69, 9.17) is 0 Å². The van der Waals surface area contributed by atoms with Crippen molar-refractivity contribution in [3.8, 4) is 0 Å². The third kappa shape index (κ3) is 6.08. The molecule has 8 aromatic rings. The van der Waals surface area contributed by atoms with Gasteiger partial charge in [-0.25, -0.2) is 0 Å². The molecule has 0 aliphatic heterocycles. The second-order valence-electron chi connectivity index (χ2n) is 13.0. The summed E-state index contributed by atoms with van der Waals surface area (Å²) in [5.41, 5.74) is 0. The molecule has 8 rings (SSSR count). The van der Waals surface area contributed by atoms with Crippen LogP contribution in [0.3, 0.4) is 0 Å². The van der Waals surface area contributed by atoms with Gasteiger partial charge in [-0.05, 0) is 0 Å². The number of rotatable bonds is 12. The summed E-state index contributed by atoms with van der Waals surface area (Å²) in [5.74, 6) is 0. The molecule has 57 heavy (non-hydrogen) atoms. The van der Waals surface area contributed by atoms with Crippen LogP contribution in [-0.2, 0) is 31.8 Å². The van der Waals surface area contributed by atoms with Crippen LogP contribution in [0.1, 0.15) is 0 Å². The monoisotopic (exact) mass is 910 g/mol. The molecule has 0 atom stereocenters. The second-order valence-corrected chi connectivity index (χ2v) is 52.7. The minimum atomic E-state index is -5.75. The standard InChI is InChI=1S/4C12H10OP.Pd/c4*13-14(11-7-3-1-4-8-11)12-9-5-2-6-10-12;/h4*1-10H;/q4*+1;-4. The van der Waals surface area contributed by atoms with E-state index in [1.165, 1.54) is 0 Å². The summed E-state index contributed by atoms with van der Waals surface area (Å²) in [6.07, 6.45) is 0. The van der Waals surface area contributed by atoms with E-state index in [-0.39, 0.29) is 0 Å². The summed E-state index contributed by atoms with van der Waals surface area (Å²) in [6.45, 7) is 0. The average molecular weight is 911 g/mol. The fraction of sp³-hybridized carbons (Fsp3) is 0. The van der Waals surface area contributed by atoms with Crippen LogP contribution in [0.25, 0.3) is 0 Å². The van der Waals surface area contributed by atoms with E-state index in [1.807, 2.05) is 146 Å². The maximum absolute atomic E-state index is 18.6. The first-order valence-electron chi connectivity index (χ1n) is 18.4. The van der Waals surface area contributed by atoms with Gasteiger partial charge in [0.2, 0.25) is 0 Å². The molecule has 286 valence electrons. The van der Waals surface area contributed by atoms with E-state index in [0.29, 0.717) is 42.4 Å². The zero-order valence-corrected chi connectivity index (χ0v) is 36.0. The molecule has 0 spiro atoms. The normalized spacial score (nSPS) is 12.8. The van der Waals surface area contributed by atoms with Crippen LogP contribution in [0.15, 0.2) is 243 Å². The van der Waals surface area contributed by atoms with E-state index in [0.717, 1.165) is 0 Å². The van der Waals surface area contributed by atoms with Crippen molar-refractivity contribution in [1.82, 2.24) is 0 Å². The van der Waals surface area contributed by atoms with Crippen LogP contribution in [-0.4, -0.2) is 0 Å². The van der Waals surface area contributed by atoms with Crippen LogP contribution in [0, 0.1) is 0 Å². The fourth-order valence-electron chi connectivity index (χ4n) is 7.11. The van der Waals surface area contributed by atoms with Crippen LogP contribution in [0.2, 0.25) is 0 Å². The van der Waals surface area contributed by atoms with E-state index in [2.05, 4.69) is 0 Å². The van der Waals surface area contributed by atoms with Crippen LogP contribution in [0.4, 0.5) is 0 Å². The predicted octanol–water partition coefficient (Wildman–Crippen LogP) is 9.86. The molecule has 8 aromatic carbocycles. The van der Waals surface area contributed by atoms with E-state index < -0.39 is 34.9 Å². The van der Waals surface area contributed by atoms with Gasteiger partial charge in [0.05, 0.1) is 0 Å². The summed E-state index contributed by atoms with van der Waals surface area (Å²) in [5, 5.41) is -15.8. The van der Waals surface area contributed by atoms with E-state index >= 15 is 18.3 Å². The van der Waals surface area contributed by atoms with Crippen molar-refractivity contribution < 1.29 is 31.8 Å². The Bertz CT molecular complexity index is 2210. The van der Waals surface area contributed by atoms with Gasteiger partial charge in [0, 0.05) is 0 Å². The molecule has 0 bridgehead atoms. The Morgan fingerprint density at radius 2 is 0.298 bits per heavy atom. The molecule has 4 nitrogen and oxygen atoms in total. The molecule has 0 aliphatic carbocycles. The molecule has 0 heterocycles. The number of hydrogen-bond donors (Lipinski definition) is 0. The molecule has 0 radical (unpaired) electrons. The Kier molecular flexibility index (Phi) is 11.2. The van der Waals surface area contributed by atoms with Crippen LogP contribution < -0.4 is 42.4 Å². The first kappa shape index (κ1) is 39.2. The first-order chi connectivity index (χ1) is 27.8. The summed E-state index contributed by atoms with van der Waals surface area (Å²) in [6, 6.07) is 72.4. The van der Waals surface area contributed by atoms with Gasteiger partial charge in [-0.1, -0.05) is 0 Å². The topological polar surface area (TPSA) is 68.3 Å². The Labute approximate surface area is 336 Å². The van der Waals surface area contributed by atoms with Gasteiger partial charge in [-0.15, -0.1) is 0 Å². The Balaban J connectivity index is 1.83. The van der Waals surface area contributed by atoms with Gasteiger partial charge in [0.25, 0.3) is 0 Å². The summed E-state index contributed by atoms with van der Waals surface area (Å²) in [4.78, 5) is 0. The molecule has 0 aliphatic rings. The fourth-order valence-corrected chi connectivity index (χ4v) is 103. The third-order valence-electron chi connectivity index (χ3n) is 9.65. The van der Waals surface area contributed by atoms with Gasteiger partial charge < -0.3 is 0 Å². The molecule has 0 unspecified atom stereocenters. The first-order valence-corrected chi connectivity index (χ1v) is 32.9. The Morgan fingerprint density at radius 3 is 0.404 bits per heavy atom. The average Bonchev–Trinajstić information content (AvgIpc) is 3.31. The Morgan fingerprint density at radius 1 is 0.193 bits per heavy atom. The van der Waals surface area contributed by atoms with Crippen LogP contribution >= 0.6 is 21.3 Å². The maximum atomic E-state index is 18.6. The van der Waals surface area contributed by atoms with Gasteiger partial charge in [-0.3, -0.25) is 0 Å². The van der Waals surface area contributed by atoms with Gasteiger partial charge in [0.1, 0.15) is 0 Å². The quantitative estimate of drug-likeness (QED) is 0.0905. The molecular weight excluding hydrogens is 871 g/mol. The summed E-state index contributed by atoms with van der Waals surface area (Å²) in [7, 11) is 0. The Hall–Kier alpha value is -4.66. The molecule has 0 aromatic heterocycles. The van der Waals surface area contributed by atoms with E-state index in [9.17, 15) is 0 Å². The molecule has 0 fully saturated rings. The number of hydrogen-bond acceptors (Lipinski definition) is 4. The third-order valence-corrected chi connectivity index (χ3v) is 82.6. The van der Waals surface area contributed by atoms with Crippen molar-refractivity contribution in [3.63, 3.8) is 0 Å². The van der Waals surface area contributed by atoms with Crippen molar-refractivity contribution in [2.75, 3.05) is 0 Å². The van der Waals surface area contributed by atoms with Crippen molar-refractivity contribution in [1.29, 1.82) is 0 Å². The minimum absolute atomic E-state index is 0.361. The van der Waals surface area contributed by atoms with Crippen molar-refractivity contribution >= 4 is 63.8 Å². The van der Waals surface area contributed by atoms with Crippen LogP contribution in [0.5, 0.6) is 0 Å². The molecular formula is C48H40O4P4Pd. The van der Waals surface area contributed by atoms with Gasteiger partial charge >= 0.3 is 338 Å². The van der Waals surface area contributed by atoms with Crippen molar-refractivity contribution in [2.45, 2.75) is 0 Å².